The average Bonchev–Trinajstić information content (AvgIpc) is 3.64. The Kier molecular flexibility index (Phi) is 8.91. The predicted octanol–water partition coefficient (Wildman–Crippen LogP) is 4.32. The average molecular weight is 531 g/mol. The molecule has 2 fully saturated rings. The topological polar surface area (TPSA) is 94.1 Å². The number of amides is 1. The van der Waals surface area contributed by atoms with Crippen molar-refractivity contribution >= 4 is 33.5 Å². The molecule has 2 aliphatic rings. The summed E-state index contributed by atoms with van der Waals surface area (Å²) in [7, 11) is 2.16. The summed E-state index contributed by atoms with van der Waals surface area (Å²) in [4.78, 5) is 23.7. The Hall–Kier alpha value is -3.27. The first kappa shape index (κ1) is 27.3. The summed E-state index contributed by atoms with van der Waals surface area (Å²) in [5.41, 5.74) is 4.67. The molecule has 39 heavy (non-hydrogen) atoms. The van der Waals surface area contributed by atoms with Gasteiger partial charge in [-0.3, -0.25) is 14.4 Å². The minimum atomic E-state index is -0.103. The number of nitrogens with zero attached hydrogens (tertiary/aromatic N) is 5. The number of aromatic nitrogens is 4. The van der Waals surface area contributed by atoms with E-state index in [1.54, 1.807) is 6.20 Å². The number of carbonyl (C=O) groups excluding carboxylic acids is 1. The third-order valence-electron chi connectivity index (χ3n) is 7.85. The van der Waals surface area contributed by atoms with Gasteiger partial charge >= 0.3 is 0 Å². The second-order valence-electron chi connectivity index (χ2n) is 10.8. The molecule has 208 valence electrons. The minimum absolute atomic E-state index is 0.103. The highest BCUT2D eigenvalue weighted by Gasteiger charge is 2.24. The molecular formula is C30H42N8O. The maximum atomic E-state index is 11.0. The van der Waals surface area contributed by atoms with Crippen LogP contribution in [0.4, 0.5) is 5.82 Å². The number of anilines is 1. The van der Waals surface area contributed by atoms with Crippen molar-refractivity contribution in [3.05, 3.63) is 54.0 Å². The zero-order valence-corrected chi connectivity index (χ0v) is 23.5. The van der Waals surface area contributed by atoms with Crippen LogP contribution in [0.3, 0.4) is 0 Å². The lowest BCUT2D eigenvalue weighted by atomic mass is 10.1. The Labute approximate surface area is 231 Å². The number of nitrogens with one attached hydrogen (secondary N) is 3. The number of hydrogen-bond donors (Lipinski definition) is 3. The van der Waals surface area contributed by atoms with Gasteiger partial charge in [-0.25, -0.2) is 4.98 Å². The molecule has 9 heteroatoms. The van der Waals surface area contributed by atoms with Gasteiger partial charge in [0, 0.05) is 74.4 Å². The lowest BCUT2D eigenvalue weighted by Gasteiger charge is -2.27. The van der Waals surface area contributed by atoms with E-state index in [4.69, 9.17) is 0 Å². The number of hydrogen-bond acceptors (Lipinski definition) is 6. The van der Waals surface area contributed by atoms with Crippen LogP contribution in [-0.2, 0) is 11.3 Å². The van der Waals surface area contributed by atoms with Crippen molar-refractivity contribution in [3.8, 4) is 0 Å². The van der Waals surface area contributed by atoms with Crippen molar-refractivity contribution < 1.29 is 4.79 Å². The normalized spacial score (nSPS) is 18.4. The highest BCUT2D eigenvalue weighted by molar-refractivity contribution is 5.90. The van der Waals surface area contributed by atoms with E-state index in [0.29, 0.717) is 11.9 Å². The van der Waals surface area contributed by atoms with Crippen molar-refractivity contribution in [2.45, 2.75) is 52.1 Å². The number of aryl methyl sites for hydroxylation is 2. The molecular weight excluding hydrogens is 488 g/mol. The Morgan fingerprint density at radius 3 is 2.67 bits per heavy atom. The van der Waals surface area contributed by atoms with E-state index in [1.165, 1.54) is 68.8 Å². The monoisotopic (exact) mass is 530 g/mol. The van der Waals surface area contributed by atoms with Gasteiger partial charge in [0.25, 0.3) is 0 Å². The predicted molar refractivity (Wildman–Crippen MR) is 158 cm³/mol. The fourth-order valence-corrected chi connectivity index (χ4v) is 5.78. The van der Waals surface area contributed by atoms with Gasteiger partial charge in [-0.1, -0.05) is 18.2 Å². The van der Waals surface area contributed by atoms with Crippen LogP contribution in [0, 0.1) is 6.92 Å². The Morgan fingerprint density at radius 1 is 1.10 bits per heavy atom. The van der Waals surface area contributed by atoms with Gasteiger partial charge in [0.1, 0.15) is 5.82 Å². The van der Waals surface area contributed by atoms with E-state index < -0.39 is 0 Å². The molecule has 4 aromatic rings. The summed E-state index contributed by atoms with van der Waals surface area (Å²) in [5, 5.41) is 13.1. The first-order chi connectivity index (χ1) is 19.0. The number of unbranched alkanes of at least 4 members (excludes halogenated alkanes) is 1. The molecule has 0 saturated carbocycles. The highest BCUT2D eigenvalue weighted by Crippen LogP contribution is 2.32. The van der Waals surface area contributed by atoms with E-state index in [0.717, 1.165) is 42.8 Å². The molecule has 0 unspecified atom stereocenters. The van der Waals surface area contributed by atoms with Crippen LogP contribution in [0.1, 0.15) is 50.0 Å². The largest absolute Gasteiger partial charge is 0.357 e. The van der Waals surface area contributed by atoms with Crippen molar-refractivity contribution in [2.24, 2.45) is 0 Å². The van der Waals surface area contributed by atoms with Crippen LogP contribution < -0.4 is 10.6 Å². The molecule has 1 amide bonds. The van der Waals surface area contributed by atoms with E-state index in [2.05, 4.69) is 84.5 Å². The summed E-state index contributed by atoms with van der Waals surface area (Å²) in [6.07, 6.45) is 6.69. The fourth-order valence-electron chi connectivity index (χ4n) is 5.78. The quantitative estimate of drug-likeness (QED) is 0.308. The first-order valence-electron chi connectivity index (χ1n) is 14.3. The number of piperazine rings is 1. The number of rotatable bonds is 7. The lowest BCUT2D eigenvalue weighted by molar-refractivity contribution is -0.114. The fraction of sp³-hybridized carbons (Fsp3) is 0.500. The van der Waals surface area contributed by atoms with Crippen molar-refractivity contribution in [1.82, 2.24) is 34.9 Å². The van der Waals surface area contributed by atoms with E-state index in [1.807, 2.05) is 6.07 Å². The third-order valence-corrected chi connectivity index (χ3v) is 7.85. The molecule has 0 aliphatic carbocycles. The van der Waals surface area contributed by atoms with Crippen LogP contribution in [0.2, 0.25) is 0 Å². The molecule has 1 aromatic carbocycles. The summed E-state index contributed by atoms with van der Waals surface area (Å²) in [6, 6.07) is 13.0. The minimum Gasteiger partial charge on any atom is -0.357 e. The second-order valence-corrected chi connectivity index (χ2v) is 10.8. The number of aromatic amines is 1. The SMILES string of the molecule is CC(=O)Nc1cc2[nH]c([C@@H]3CCCN3C)cc2cn1.Cc1nn(CCCCN2CCNCC2)c2ccccc12. The standard InChI is InChI=1S/C16H24N4.C14H18N4O/c1-14-15-6-2-3-7-16(15)20(18-14)11-5-4-10-19-12-8-17-9-13-19;1-9(19)16-14-7-11-10(8-15-14)6-12(17-11)13-4-3-5-18(13)2/h2-3,6-7,17H,4-5,8-13H2,1H3;6-8,13,17H,3-5H2,1-2H3,(H,15,16,19)/t;13-/m.0/s1. The molecule has 6 rings (SSSR count). The maximum Gasteiger partial charge on any atom is 0.222 e. The number of para-hydroxylation sites is 1. The van der Waals surface area contributed by atoms with E-state index in [-0.39, 0.29) is 5.91 Å². The molecule has 0 bridgehead atoms. The number of fused-ring (bicyclic) bond motifs is 2. The summed E-state index contributed by atoms with van der Waals surface area (Å²) in [6.45, 7) is 11.7. The highest BCUT2D eigenvalue weighted by atomic mass is 16.1. The van der Waals surface area contributed by atoms with Crippen molar-refractivity contribution in [2.75, 3.05) is 51.6 Å². The number of pyridine rings is 1. The molecule has 0 radical (unpaired) electrons. The molecule has 2 aliphatic heterocycles. The smallest absolute Gasteiger partial charge is 0.222 e. The van der Waals surface area contributed by atoms with E-state index in [9.17, 15) is 4.79 Å². The zero-order valence-electron chi connectivity index (χ0n) is 23.5. The molecule has 5 heterocycles. The van der Waals surface area contributed by atoms with Crippen LogP contribution in [-0.4, -0.2) is 81.8 Å². The van der Waals surface area contributed by atoms with Gasteiger partial charge in [0.15, 0.2) is 0 Å². The number of likely N-dealkylation sites (tertiary alicyclic amines) is 1. The molecule has 1 atom stereocenters. The first-order valence-corrected chi connectivity index (χ1v) is 14.3. The molecule has 3 N–H and O–H groups in total. The lowest BCUT2D eigenvalue weighted by Crippen LogP contribution is -2.43. The Bertz CT molecular complexity index is 1390. The molecule has 2 saturated heterocycles. The van der Waals surface area contributed by atoms with E-state index >= 15 is 0 Å². The number of carbonyl (C=O) groups is 1. The second kappa shape index (κ2) is 12.7. The summed E-state index contributed by atoms with van der Waals surface area (Å²) < 4.78 is 2.17. The van der Waals surface area contributed by atoms with Gasteiger partial charge < -0.3 is 20.5 Å². The van der Waals surface area contributed by atoms with Gasteiger partial charge in [-0.05, 0) is 64.9 Å². The summed E-state index contributed by atoms with van der Waals surface area (Å²) >= 11 is 0. The Morgan fingerprint density at radius 2 is 1.90 bits per heavy atom. The van der Waals surface area contributed by atoms with Crippen LogP contribution in [0.15, 0.2) is 42.6 Å². The van der Waals surface area contributed by atoms with Crippen molar-refractivity contribution in [1.29, 1.82) is 0 Å². The van der Waals surface area contributed by atoms with Gasteiger partial charge in [-0.15, -0.1) is 0 Å². The number of benzene rings is 1. The maximum absolute atomic E-state index is 11.0. The molecule has 3 aromatic heterocycles. The Balaban J connectivity index is 0.000000158. The molecule has 0 spiro atoms. The van der Waals surface area contributed by atoms with Gasteiger partial charge in [0.05, 0.1) is 16.7 Å². The molecule has 9 nitrogen and oxygen atoms in total. The van der Waals surface area contributed by atoms with Crippen LogP contribution in [0.5, 0.6) is 0 Å². The van der Waals surface area contributed by atoms with Crippen LogP contribution in [0.25, 0.3) is 21.8 Å². The van der Waals surface area contributed by atoms with Crippen molar-refractivity contribution in [3.63, 3.8) is 0 Å². The van der Waals surface area contributed by atoms with Gasteiger partial charge in [-0.2, -0.15) is 5.10 Å². The zero-order chi connectivity index (χ0) is 27.2. The van der Waals surface area contributed by atoms with Gasteiger partial charge in [0.2, 0.25) is 5.91 Å². The summed E-state index contributed by atoms with van der Waals surface area (Å²) in [5.74, 6) is 0.488. The number of H-pyrrole nitrogens is 1. The third kappa shape index (κ3) is 6.84. The van der Waals surface area contributed by atoms with Crippen LogP contribution >= 0.6 is 0 Å².